The van der Waals surface area contributed by atoms with Crippen LogP contribution in [-0.4, -0.2) is 23.5 Å². The highest BCUT2D eigenvalue weighted by Crippen LogP contribution is 2.20. The van der Waals surface area contributed by atoms with Gasteiger partial charge in [-0.15, -0.1) is 0 Å². The SMILES string of the molecule is COc1c(CNOCC(C)C)c(C)nn1C. The highest BCUT2D eigenvalue weighted by molar-refractivity contribution is 5.30. The van der Waals surface area contributed by atoms with Crippen LogP contribution in [-0.2, 0) is 18.4 Å². The first-order chi connectivity index (χ1) is 7.56. The molecule has 1 heterocycles. The number of rotatable bonds is 6. The Morgan fingerprint density at radius 2 is 2.12 bits per heavy atom. The summed E-state index contributed by atoms with van der Waals surface area (Å²) in [6.07, 6.45) is 0. The van der Waals surface area contributed by atoms with Crippen molar-refractivity contribution in [3.8, 4) is 5.88 Å². The quantitative estimate of drug-likeness (QED) is 0.589. The maximum atomic E-state index is 5.32. The molecule has 0 aliphatic carbocycles. The molecular weight excluding hydrogens is 206 g/mol. The number of hydrogen-bond acceptors (Lipinski definition) is 4. The van der Waals surface area contributed by atoms with Gasteiger partial charge in [-0.25, -0.2) is 4.68 Å². The Labute approximate surface area is 96.7 Å². The minimum atomic E-state index is 0.518. The van der Waals surface area contributed by atoms with E-state index in [0.29, 0.717) is 19.1 Å². The van der Waals surface area contributed by atoms with Crippen molar-refractivity contribution in [3.05, 3.63) is 11.3 Å². The molecule has 0 atom stereocenters. The maximum absolute atomic E-state index is 5.32. The van der Waals surface area contributed by atoms with Crippen molar-refractivity contribution in [2.45, 2.75) is 27.3 Å². The van der Waals surface area contributed by atoms with Gasteiger partial charge in [0, 0.05) is 7.05 Å². The van der Waals surface area contributed by atoms with Crippen molar-refractivity contribution in [1.29, 1.82) is 0 Å². The van der Waals surface area contributed by atoms with Crippen molar-refractivity contribution < 1.29 is 9.57 Å². The summed E-state index contributed by atoms with van der Waals surface area (Å²) in [6.45, 7) is 7.48. The summed E-state index contributed by atoms with van der Waals surface area (Å²) in [5.74, 6) is 1.29. The van der Waals surface area contributed by atoms with Gasteiger partial charge in [-0.2, -0.15) is 10.6 Å². The molecule has 16 heavy (non-hydrogen) atoms. The zero-order valence-corrected chi connectivity index (χ0v) is 10.7. The molecule has 0 saturated heterocycles. The molecule has 5 nitrogen and oxygen atoms in total. The van der Waals surface area contributed by atoms with E-state index in [-0.39, 0.29) is 0 Å². The number of hydroxylamine groups is 1. The van der Waals surface area contributed by atoms with Crippen LogP contribution in [0, 0.1) is 12.8 Å². The van der Waals surface area contributed by atoms with E-state index in [2.05, 4.69) is 24.4 Å². The third kappa shape index (κ3) is 3.21. The minimum absolute atomic E-state index is 0.518. The topological polar surface area (TPSA) is 48.3 Å². The molecule has 0 saturated carbocycles. The van der Waals surface area contributed by atoms with E-state index in [1.54, 1.807) is 11.8 Å². The average Bonchev–Trinajstić information content (AvgIpc) is 2.47. The zero-order valence-electron chi connectivity index (χ0n) is 10.7. The number of aryl methyl sites for hydroxylation is 2. The first kappa shape index (κ1) is 13.0. The summed E-state index contributed by atoms with van der Waals surface area (Å²) in [5, 5.41) is 4.29. The van der Waals surface area contributed by atoms with Gasteiger partial charge in [-0.1, -0.05) is 13.8 Å². The van der Waals surface area contributed by atoms with Crippen LogP contribution in [0.2, 0.25) is 0 Å². The molecule has 1 rings (SSSR count). The van der Waals surface area contributed by atoms with Crippen LogP contribution in [0.15, 0.2) is 0 Å². The molecule has 0 amide bonds. The van der Waals surface area contributed by atoms with Gasteiger partial charge >= 0.3 is 0 Å². The number of nitrogens with one attached hydrogen (secondary N) is 1. The molecule has 92 valence electrons. The van der Waals surface area contributed by atoms with E-state index in [0.717, 1.165) is 17.1 Å². The molecule has 0 aromatic carbocycles. The second-order valence-corrected chi connectivity index (χ2v) is 4.22. The van der Waals surface area contributed by atoms with Crippen molar-refractivity contribution >= 4 is 0 Å². The van der Waals surface area contributed by atoms with Crippen molar-refractivity contribution in [2.75, 3.05) is 13.7 Å². The third-order valence-electron chi connectivity index (χ3n) is 2.25. The lowest BCUT2D eigenvalue weighted by atomic mass is 10.2. The van der Waals surface area contributed by atoms with Gasteiger partial charge in [0.25, 0.3) is 0 Å². The highest BCUT2D eigenvalue weighted by Gasteiger charge is 2.13. The van der Waals surface area contributed by atoms with Gasteiger partial charge in [-0.05, 0) is 12.8 Å². The Morgan fingerprint density at radius 3 is 2.69 bits per heavy atom. The van der Waals surface area contributed by atoms with Crippen molar-refractivity contribution in [2.24, 2.45) is 13.0 Å². The Balaban J connectivity index is 2.53. The molecule has 0 aliphatic rings. The fourth-order valence-electron chi connectivity index (χ4n) is 1.49. The number of hydrogen-bond donors (Lipinski definition) is 1. The second-order valence-electron chi connectivity index (χ2n) is 4.22. The van der Waals surface area contributed by atoms with Gasteiger partial charge in [0.2, 0.25) is 5.88 Å². The standard InChI is InChI=1S/C11H21N3O2/c1-8(2)7-16-12-6-10-9(3)13-14(4)11(10)15-5/h8,12H,6-7H2,1-5H3. The molecule has 1 aromatic heterocycles. The first-order valence-corrected chi connectivity index (χ1v) is 5.47. The van der Waals surface area contributed by atoms with E-state index in [1.807, 2.05) is 14.0 Å². The summed E-state index contributed by atoms with van der Waals surface area (Å²) in [7, 11) is 3.51. The summed E-state index contributed by atoms with van der Waals surface area (Å²) < 4.78 is 7.01. The molecular formula is C11H21N3O2. The molecule has 0 fully saturated rings. The monoisotopic (exact) mass is 227 g/mol. The fourth-order valence-corrected chi connectivity index (χ4v) is 1.49. The summed E-state index contributed by atoms with van der Waals surface area (Å²) in [4.78, 5) is 5.32. The average molecular weight is 227 g/mol. The normalized spacial score (nSPS) is 11.1. The number of methoxy groups -OCH3 is 1. The van der Waals surface area contributed by atoms with Gasteiger partial charge < -0.3 is 9.57 Å². The zero-order chi connectivity index (χ0) is 12.1. The van der Waals surface area contributed by atoms with Crippen molar-refractivity contribution in [3.63, 3.8) is 0 Å². The van der Waals surface area contributed by atoms with Gasteiger partial charge in [-0.3, -0.25) is 0 Å². The lowest BCUT2D eigenvalue weighted by molar-refractivity contribution is 0.0192. The second kappa shape index (κ2) is 5.86. The maximum Gasteiger partial charge on any atom is 0.216 e. The highest BCUT2D eigenvalue weighted by atomic mass is 16.6. The number of nitrogens with zero attached hydrogens (tertiary/aromatic N) is 2. The van der Waals surface area contributed by atoms with Gasteiger partial charge in [0.1, 0.15) is 0 Å². The first-order valence-electron chi connectivity index (χ1n) is 5.47. The van der Waals surface area contributed by atoms with Crippen LogP contribution >= 0.6 is 0 Å². The molecule has 1 aromatic rings. The van der Waals surface area contributed by atoms with Crippen LogP contribution in [0.4, 0.5) is 0 Å². The summed E-state index contributed by atoms with van der Waals surface area (Å²) in [6, 6.07) is 0. The van der Waals surface area contributed by atoms with E-state index in [9.17, 15) is 0 Å². The Hall–Kier alpha value is -1.07. The molecule has 0 radical (unpaired) electrons. The third-order valence-corrected chi connectivity index (χ3v) is 2.25. The molecule has 1 N–H and O–H groups in total. The van der Waals surface area contributed by atoms with Crippen molar-refractivity contribution in [1.82, 2.24) is 15.3 Å². The largest absolute Gasteiger partial charge is 0.481 e. The summed E-state index contributed by atoms with van der Waals surface area (Å²) in [5.41, 5.74) is 4.92. The van der Waals surface area contributed by atoms with Gasteiger partial charge in [0.15, 0.2) is 0 Å². The van der Waals surface area contributed by atoms with Crippen LogP contribution in [0.25, 0.3) is 0 Å². The van der Waals surface area contributed by atoms with Crippen LogP contribution in [0.3, 0.4) is 0 Å². The Morgan fingerprint density at radius 1 is 1.44 bits per heavy atom. The molecule has 0 unspecified atom stereocenters. The summed E-state index contributed by atoms with van der Waals surface area (Å²) >= 11 is 0. The smallest absolute Gasteiger partial charge is 0.216 e. The predicted molar refractivity (Wildman–Crippen MR) is 62.1 cm³/mol. The van der Waals surface area contributed by atoms with E-state index in [4.69, 9.17) is 9.57 Å². The Kier molecular flexibility index (Phi) is 4.76. The minimum Gasteiger partial charge on any atom is -0.481 e. The number of aromatic nitrogens is 2. The van der Waals surface area contributed by atoms with Crippen LogP contribution in [0.1, 0.15) is 25.1 Å². The molecule has 5 heteroatoms. The van der Waals surface area contributed by atoms with E-state index >= 15 is 0 Å². The molecule has 0 aliphatic heterocycles. The fraction of sp³-hybridized carbons (Fsp3) is 0.727. The number of ether oxygens (including phenoxy) is 1. The predicted octanol–water partition coefficient (Wildman–Crippen LogP) is 1.41. The Bertz CT molecular complexity index is 334. The van der Waals surface area contributed by atoms with E-state index in [1.165, 1.54) is 0 Å². The van der Waals surface area contributed by atoms with E-state index < -0.39 is 0 Å². The molecule has 0 bridgehead atoms. The van der Waals surface area contributed by atoms with Crippen LogP contribution in [0.5, 0.6) is 5.88 Å². The molecule has 0 spiro atoms. The van der Waals surface area contributed by atoms with Crippen LogP contribution < -0.4 is 10.2 Å². The lowest BCUT2D eigenvalue weighted by Crippen LogP contribution is -2.18. The van der Waals surface area contributed by atoms with Gasteiger partial charge in [0.05, 0.1) is 31.5 Å². The lowest BCUT2D eigenvalue weighted by Gasteiger charge is -2.08.